The minimum absolute atomic E-state index is 0.101. The number of amides is 1. The van der Waals surface area contributed by atoms with Crippen LogP contribution in [0.1, 0.15) is 21.0 Å². The van der Waals surface area contributed by atoms with Crippen molar-refractivity contribution in [3.8, 4) is 5.75 Å². The van der Waals surface area contributed by atoms with Crippen LogP contribution in [0, 0.1) is 0 Å². The third kappa shape index (κ3) is 6.38. The average molecular weight is 630 g/mol. The number of aliphatic hydroxyl groups is 1. The van der Waals surface area contributed by atoms with Gasteiger partial charge in [-0.1, -0.05) is 36.4 Å². The van der Waals surface area contributed by atoms with Gasteiger partial charge in [-0.3, -0.25) is 5.32 Å². The van der Waals surface area contributed by atoms with Crippen LogP contribution in [0.3, 0.4) is 0 Å². The molecular weight excluding hydrogens is 598 g/mol. The Balaban J connectivity index is 1.31. The maximum absolute atomic E-state index is 13.6. The monoisotopic (exact) mass is 629 g/mol. The number of anilines is 1. The molecule has 4 N–H and O–H groups in total. The summed E-state index contributed by atoms with van der Waals surface area (Å²) < 4.78 is 34.0. The van der Waals surface area contributed by atoms with E-state index in [0.29, 0.717) is 22.5 Å². The maximum atomic E-state index is 13.6. The molecular formula is C33H31N3O10. The molecule has 13 heteroatoms. The molecule has 0 bridgehead atoms. The third-order valence-corrected chi connectivity index (χ3v) is 7.57. The number of aromatic amines is 2. The molecule has 1 saturated heterocycles. The number of fused-ring (bicyclic) bond motifs is 2. The fourth-order valence-corrected chi connectivity index (χ4v) is 5.30. The Hall–Kier alpha value is -5.37. The second-order valence-corrected chi connectivity index (χ2v) is 10.5. The van der Waals surface area contributed by atoms with Crippen molar-refractivity contribution in [2.24, 2.45) is 0 Å². The van der Waals surface area contributed by atoms with Gasteiger partial charge in [0, 0.05) is 34.6 Å². The molecule has 0 radical (unpaired) electrons. The maximum Gasteiger partial charge on any atom is 0.412 e. The van der Waals surface area contributed by atoms with Crippen molar-refractivity contribution < 1.29 is 47.9 Å². The quantitative estimate of drug-likeness (QED) is 0.135. The van der Waals surface area contributed by atoms with Gasteiger partial charge in [0.15, 0.2) is 24.6 Å². The summed E-state index contributed by atoms with van der Waals surface area (Å²) in [7, 11) is 2.82. The lowest BCUT2D eigenvalue weighted by molar-refractivity contribution is -0.291. The Labute approximate surface area is 262 Å². The van der Waals surface area contributed by atoms with E-state index in [4.69, 9.17) is 28.4 Å². The predicted octanol–water partition coefficient (Wildman–Crippen LogP) is 4.39. The molecule has 3 aromatic carbocycles. The van der Waals surface area contributed by atoms with Crippen molar-refractivity contribution >= 4 is 45.5 Å². The van der Waals surface area contributed by atoms with Crippen LogP contribution in [0.2, 0.25) is 0 Å². The molecule has 0 saturated carbocycles. The molecule has 1 amide bonds. The second-order valence-electron chi connectivity index (χ2n) is 10.5. The number of carbonyl (C=O) groups is 3. The Morgan fingerprint density at radius 3 is 1.85 bits per heavy atom. The van der Waals surface area contributed by atoms with Crippen LogP contribution in [0.5, 0.6) is 5.75 Å². The number of H-pyrrole nitrogens is 2. The normalized spacial score (nSPS) is 21.1. The summed E-state index contributed by atoms with van der Waals surface area (Å²) in [6, 6.07) is 24.2. The number of hydrogen-bond acceptors (Lipinski definition) is 10. The van der Waals surface area contributed by atoms with Crippen LogP contribution in [0.25, 0.3) is 21.8 Å². The highest BCUT2D eigenvalue weighted by Crippen LogP contribution is 2.31. The Bertz CT molecular complexity index is 1780. The van der Waals surface area contributed by atoms with Gasteiger partial charge in [0.05, 0.1) is 13.7 Å². The van der Waals surface area contributed by atoms with E-state index in [-0.39, 0.29) is 11.4 Å². The summed E-state index contributed by atoms with van der Waals surface area (Å²) in [5, 5.41) is 14.4. The lowest BCUT2D eigenvalue weighted by Crippen LogP contribution is -2.63. The van der Waals surface area contributed by atoms with Gasteiger partial charge in [0.1, 0.15) is 23.2 Å². The average Bonchev–Trinajstić information content (AvgIpc) is 3.71. The molecule has 0 aliphatic carbocycles. The van der Waals surface area contributed by atoms with Crippen molar-refractivity contribution in [3.05, 3.63) is 96.3 Å². The van der Waals surface area contributed by atoms with Crippen LogP contribution < -0.4 is 10.1 Å². The number of aliphatic hydroxyl groups excluding tert-OH is 1. The standard InChI is InChI=1S/C33H31N3O10/c1-41-21-13-11-20(12-14-21)34-33(40)46-27-26(17-37)43-32(42-2)29(45-31(39)25-16-19-8-4-6-10-23(19)36-25)28(27)44-30(38)24-15-18-7-3-5-9-22(18)35-24/h3-16,26-29,32,35-37H,17H2,1-2H3,(H,34,40)/t26-,27-,28+,29-,32+/m1/s1. The van der Waals surface area contributed by atoms with Crippen molar-refractivity contribution in [1.29, 1.82) is 0 Å². The van der Waals surface area contributed by atoms with E-state index >= 15 is 0 Å². The zero-order valence-electron chi connectivity index (χ0n) is 24.8. The van der Waals surface area contributed by atoms with E-state index in [1.54, 1.807) is 48.5 Å². The van der Waals surface area contributed by atoms with E-state index in [1.807, 2.05) is 36.4 Å². The highest BCUT2D eigenvalue weighted by molar-refractivity contribution is 5.96. The molecule has 1 aliphatic heterocycles. The van der Waals surface area contributed by atoms with Gasteiger partial charge in [-0.2, -0.15) is 0 Å². The largest absolute Gasteiger partial charge is 0.497 e. The fraction of sp³-hybridized carbons (Fsp3) is 0.242. The van der Waals surface area contributed by atoms with Crippen molar-refractivity contribution in [1.82, 2.24) is 9.97 Å². The molecule has 3 heterocycles. The van der Waals surface area contributed by atoms with E-state index in [0.717, 1.165) is 10.8 Å². The first kappa shape index (κ1) is 30.6. The van der Waals surface area contributed by atoms with E-state index in [9.17, 15) is 19.5 Å². The van der Waals surface area contributed by atoms with E-state index in [1.165, 1.54) is 14.2 Å². The van der Waals surface area contributed by atoms with Crippen molar-refractivity contribution in [3.63, 3.8) is 0 Å². The van der Waals surface area contributed by atoms with Crippen LogP contribution in [0.4, 0.5) is 10.5 Å². The smallest absolute Gasteiger partial charge is 0.412 e. The zero-order valence-corrected chi connectivity index (χ0v) is 24.8. The predicted molar refractivity (Wildman–Crippen MR) is 165 cm³/mol. The van der Waals surface area contributed by atoms with Crippen molar-refractivity contribution in [2.45, 2.75) is 30.7 Å². The van der Waals surface area contributed by atoms with Crippen molar-refractivity contribution in [2.75, 3.05) is 26.1 Å². The number of nitrogens with one attached hydrogen (secondary N) is 3. The van der Waals surface area contributed by atoms with Crippen LogP contribution in [-0.2, 0) is 23.7 Å². The third-order valence-electron chi connectivity index (χ3n) is 7.57. The molecule has 6 rings (SSSR count). The van der Waals surface area contributed by atoms with Gasteiger partial charge in [-0.25, -0.2) is 14.4 Å². The molecule has 46 heavy (non-hydrogen) atoms. The molecule has 2 aromatic heterocycles. The summed E-state index contributed by atoms with van der Waals surface area (Å²) in [6.07, 6.45) is -7.84. The summed E-state index contributed by atoms with van der Waals surface area (Å²) >= 11 is 0. The minimum atomic E-state index is -1.48. The molecule has 1 fully saturated rings. The zero-order chi connectivity index (χ0) is 32.2. The van der Waals surface area contributed by atoms with Gasteiger partial charge >= 0.3 is 18.0 Å². The summed E-state index contributed by atoms with van der Waals surface area (Å²) in [5.74, 6) is -1.05. The molecule has 13 nitrogen and oxygen atoms in total. The van der Waals surface area contributed by atoms with Crippen LogP contribution >= 0.6 is 0 Å². The molecule has 0 spiro atoms. The fourth-order valence-electron chi connectivity index (χ4n) is 5.30. The number of rotatable bonds is 9. The van der Waals surface area contributed by atoms with Gasteiger partial charge < -0.3 is 43.5 Å². The van der Waals surface area contributed by atoms with Crippen LogP contribution in [-0.4, -0.2) is 84.6 Å². The number of ether oxygens (including phenoxy) is 6. The van der Waals surface area contributed by atoms with Gasteiger partial charge in [0.25, 0.3) is 0 Å². The molecule has 5 aromatic rings. The first-order valence-corrected chi connectivity index (χ1v) is 14.3. The number of benzene rings is 3. The highest BCUT2D eigenvalue weighted by Gasteiger charge is 2.53. The molecule has 1 aliphatic rings. The molecule has 238 valence electrons. The Morgan fingerprint density at radius 2 is 1.33 bits per heavy atom. The Morgan fingerprint density at radius 1 is 0.761 bits per heavy atom. The van der Waals surface area contributed by atoms with Gasteiger partial charge in [-0.15, -0.1) is 0 Å². The first-order valence-electron chi connectivity index (χ1n) is 14.3. The topological polar surface area (TPSA) is 170 Å². The number of methoxy groups -OCH3 is 2. The molecule has 5 atom stereocenters. The lowest BCUT2D eigenvalue weighted by Gasteiger charge is -2.43. The summed E-state index contributed by atoms with van der Waals surface area (Å²) in [6.45, 7) is -0.649. The van der Waals surface area contributed by atoms with Gasteiger partial charge in [0.2, 0.25) is 0 Å². The number of esters is 2. The SMILES string of the molecule is COc1ccc(NC(=O)O[C@H]2[C@H](OC(=O)c3cc4ccccc4[nH]3)[C@@H](OC(=O)c3cc4ccccc4[nH]3)[C@@H](OC)O[C@@H]2CO)cc1. The lowest BCUT2D eigenvalue weighted by atomic mass is 9.98. The first-order chi connectivity index (χ1) is 22.4. The summed E-state index contributed by atoms with van der Waals surface area (Å²) in [4.78, 5) is 46.1. The van der Waals surface area contributed by atoms with Gasteiger partial charge in [-0.05, 0) is 48.5 Å². The second kappa shape index (κ2) is 13.3. The highest BCUT2D eigenvalue weighted by atomic mass is 16.7. The number of carbonyl (C=O) groups excluding carboxylic acids is 3. The van der Waals surface area contributed by atoms with E-state index in [2.05, 4.69) is 15.3 Å². The van der Waals surface area contributed by atoms with E-state index < -0.39 is 55.3 Å². The number of aromatic nitrogens is 2. The Kier molecular flexibility index (Phi) is 8.88. The minimum Gasteiger partial charge on any atom is -0.497 e. The molecule has 0 unspecified atom stereocenters. The number of hydrogen-bond donors (Lipinski definition) is 4. The van der Waals surface area contributed by atoms with Crippen LogP contribution in [0.15, 0.2) is 84.9 Å². The number of para-hydroxylation sites is 2. The summed E-state index contributed by atoms with van der Waals surface area (Å²) in [5.41, 5.74) is 2.00.